The molecule has 2 rings (SSSR count). The van der Waals surface area contributed by atoms with Crippen LogP contribution >= 0.6 is 35.6 Å². The molecule has 0 spiro atoms. The summed E-state index contributed by atoms with van der Waals surface area (Å²) in [6.45, 7) is 2.12. The van der Waals surface area contributed by atoms with Crippen LogP contribution in [0.15, 0.2) is 12.1 Å². The van der Waals surface area contributed by atoms with Gasteiger partial charge in [-0.1, -0.05) is 18.5 Å². The van der Waals surface area contributed by atoms with Crippen molar-refractivity contribution in [1.29, 1.82) is 0 Å². The molecule has 0 fully saturated rings. The Balaban J connectivity index is 2.66. The molecule has 0 radical (unpaired) electrons. The number of nitrogens with zero attached hydrogens (tertiary/aromatic N) is 1. The SMILES string of the molecule is CCC(CSC)n1c(=S)[nH]c2cc(F)c(Cl)cc21. The van der Waals surface area contributed by atoms with Crippen molar-refractivity contribution in [3.63, 3.8) is 0 Å². The van der Waals surface area contributed by atoms with Gasteiger partial charge in [0.25, 0.3) is 0 Å². The molecule has 0 aliphatic heterocycles. The van der Waals surface area contributed by atoms with Gasteiger partial charge in [-0.2, -0.15) is 11.8 Å². The summed E-state index contributed by atoms with van der Waals surface area (Å²) in [4.78, 5) is 3.04. The second-order valence-electron chi connectivity index (χ2n) is 4.10. The number of hydrogen-bond donors (Lipinski definition) is 1. The van der Waals surface area contributed by atoms with Gasteiger partial charge in [-0.25, -0.2) is 4.39 Å². The molecule has 1 aromatic carbocycles. The van der Waals surface area contributed by atoms with Gasteiger partial charge in [0.2, 0.25) is 0 Å². The lowest BCUT2D eigenvalue weighted by atomic mass is 10.2. The summed E-state index contributed by atoms with van der Waals surface area (Å²) in [5.74, 6) is 0.540. The molecule has 1 N–H and O–H groups in total. The van der Waals surface area contributed by atoms with E-state index < -0.39 is 5.82 Å². The molecular formula is C12H14ClFN2S2. The van der Waals surface area contributed by atoms with E-state index in [1.165, 1.54) is 6.07 Å². The lowest BCUT2D eigenvalue weighted by Gasteiger charge is -2.16. The number of benzene rings is 1. The number of H-pyrrole nitrogens is 1. The summed E-state index contributed by atoms with van der Waals surface area (Å²) >= 11 is 13.0. The Hall–Kier alpha value is -0.520. The Kier molecular flexibility index (Phi) is 4.35. The van der Waals surface area contributed by atoms with Gasteiger partial charge < -0.3 is 9.55 Å². The normalized spacial score (nSPS) is 13.1. The van der Waals surface area contributed by atoms with Crippen LogP contribution in [0.3, 0.4) is 0 Å². The molecule has 1 heterocycles. The average molecular weight is 305 g/mol. The Morgan fingerprint density at radius 2 is 2.28 bits per heavy atom. The standard InChI is InChI=1S/C12H14ClFN2S2/c1-3-7(6-18-2)16-11-4-8(13)9(14)5-10(11)15-12(16)17/h4-5,7H,3,6H2,1-2H3,(H,15,17). The molecule has 98 valence electrons. The zero-order valence-corrected chi connectivity index (χ0v) is 12.6. The number of imidazole rings is 1. The first-order chi connectivity index (χ1) is 8.58. The summed E-state index contributed by atoms with van der Waals surface area (Å²) in [7, 11) is 0. The van der Waals surface area contributed by atoms with E-state index in [-0.39, 0.29) is 5.02 Å². The molecule has 6 heteroatoms. The number of aromatic nitrogens is 2. The van der Waals surface area contributed by atoms with Crippen molar-refractivity contribution < 1.29 is 4.39 Å². The van der Waals surface area contributed by atoms with Crippen molar-refractivity contribution in [1.82, 2.24) is 9.55 Å². The fourth-order valence-electron chi connectivity index (χ4n) is 2.05. The van der Waals surface area contributed by atoms with Crippen LogP contribution in [0, 0.1) is 10.6 Å². The highest BCUT2D eigenvalue weighted by molar-refractivity contribution is 7.98. The quantitative estimate of drug-likeness (QED) is 0.819. The molecule has 1 atom stereocenters. The molecule has 0 aliphatic rings. The minimum atomic E-state index is -0.425. The Labute approximate surface area is 120 Å². The van der Waals surface area contributed by atoms with E-state index in [0.717, 1.165) is 17.7 Å². The Morgan fingerprint density at radius 1 is 1.56 bits per heavy atom. The number of fused-ring (bicyclic) bond motifs is 1. The molecular weight excluding hydrogens is 291 g/mol. The van der Waals surface area contributed by atoms with E-state index in [4.69, 9.17) is 23.8 Å². The number of aromatic amines is 1. The first-order valence-corrected chi connectivity index (χ1v) is 7.84. The van der Waals surface area contributed by atoms with Crippen molar-refractivity contribution in [3.05, 3.63) is 27.7 Å². The lowest BCUT2D eigenvalue weighted by Crippen LogP contribution is -2.10. The van der Waals surface area contributed by atoms with Gasteiger partial charge in [0.05, 0.1) is 16.1 Å². The van der Waals surface area contributed by atoms with Crippen molar-refractivity contribution in [3.8, 4) is 0 Å². The van der Waals surface area contributed by atoms with Crippen LogP contribution in [0.1, 0.15) is 19.4 Å². The fourth-order valence-corrected chi connectivity index (χ4v) is 3.34. The number of thioether (sulfide) groups is 1. The first kappa shape index (κ1) is 13.9. The molecule has 0 aliphatic carbocycles. The van der Waals surface area contributed by atoms with Gasteiger partial charge in [0.15, 0.2) is 4.77 Å². The lowest BCUT2D eigenvalue weighted by molar-refractivity contribution is 0.547. The summed E-state index contributed by atoms with van der Waals surface area (Å²) in [5.41, 5.74) is 1.56. The van der Waals surface area contributed by atoms with Crippen molar-refractivity contribution >= 4 is 46.6 Å². The molecule has 0 saturated carbocycles. The summed E-state index contributed by atoms with van der Waals surface area (Å²) in [6, 6.07) is 3.33. The predicted molar refractivity (Wildman–Crippen MR) is 79.8 cm³/mol. The van der Waals surface area contributed by atoms with Crippen LogP contribution in [0.25, 0.3) is 11.0 Å². The van der Waals surface area contributed by atoms with E-state index in [1.54, 1.807) is 17.8 Å². The second kappa shape index (κ2) is 5.63. The van der Waals surface area contributed by atoms with Crippen molar-refractivity contribution in [2.75, 3.05) is 12.0 Å². The summed E-state index contributed by atoms with van der Waals surface area (Å²) < 4.78 is 16.1. The number of halogens is 2. The van der Waals surface area contributed by atoms with E-state index in [0.29, 0.717) is 16.3 Å². The van der Waals surface area contributed by atoms with Crippen LogP contribution in [-0.4, -0.2) is 21.6 Å². The maximum absolute atomic E-state index is 13.4. The summed E-state index contributed by atoms with van der Waals surface area (Å²) in [5, 5.41) is 0.129. The number of hydrogen-bond acceptors (Lipinski definition) is 2. The highest BCUT2D eigenvalue weighted by Crippen LogP contribution is 2.27. The first-order valence-electron chi connectivity index (χ1n) is 5.66. The predicted octanol–water partition coefficient (Wildman–Crippen LogP) is 4.81. The third-order valence-electron chi connectivity index (χ3n) is 2.95. The minimum absolute atomic E-state index is 0.129. The highest BCUT2D eigenvalue weighted by atomic mass is 35.5. The average Bonchev–Trinajstić information content (AvgIpc) is 2.63. The fraction of sp³-hybridized carbons (Fsp3) is 0.417. The third kappa shape index (κ3) is 2.44. The molecule has 2 nitrogen and oxygen atoms in total. The van der Waals surface area contributed by atoms with Gasteiger partial charge in [-0.05, 0) is 31.0 Å². The molecule has 1 aromatic heterocycles. The summed E-state index contributed by atoms with van der Waals surface area (Å²) in [6.07, 6.45) is 3.03. The van der Waals surface area contributed by atoms with Crippen LogP contribution in [-0.2, 0) is 0 Å². The number of nitrogens with one attached hydrogen (secondary N) is 1. The van der Waals surface area contributed by atoms with E-state index in [9.17, 15) is 4.39 Å². The Morgan fingerprint density at radius 3 is 2.89 bits per heavy atom. The van der Waals surface area contributed by atoms with E-state index in [1.807, 2.05) is 4.57 Å². The van der Waals surface area contributed by atoms with Crippen molar-refractivity contribution in [2.45, 2.75) is 19.4 Å². The maximum atomic E-state index is 13.4. The van der Waals surface area contributed by atoms with Crippen LogP contribution in [0.5, 0.6) is 0 Å². The van der Waals surface area contributed by atoms with Gasteiger partial charge in [0.1, 0.15) is 5.82 Å². The Bertz CT molecular complexity index is 620. The highest BCUT2D eigenvalue weighted by Gasteiger charge is 2.15. The van der Waals surface area contributed by atoms with Crippen LogP contribution < -0.4 is 0 Å². The largest absolute Gasteiger partial charge is 0.330 e. The van der Waals surface area contributed by atoms with Gasteiger partial charge in [0, 0.05) is 17.9 Å². The maximum Gasteiger partial charge on any atom is 0.178 e. The topological polar surface area (TPSA) is 20.7 Å². The zero-order valence-electron chi connectivity index (χ0n) is 10.2. The second-order valence-corrected chi connectivity index (χ2v) is 5.81. The van der Waals surface area contributed by atoms with Crippen molar-refractivity contribution in [2.24, 2.45) is 0 Å². The molecule has 0 bridgehead atoms. The van der Waals surface area contributed by atoms with Crippen LogP contribution in [0.4, 0.5) is 4.39 Å². The van der Waals surface area contributed by atoms with E-state index >= 15 is 0 Å². The number of rotatable bonds is 4. The smallest absolute Gasteiger partial charge is 0.178 e. The molecule has 1 unspecified atom stereocenters. The van der Waals surface area contributed by atoms with E-state index in [2.05, 4.69) is 18.2 Å². The zero-order chi connectivity index (χ0) is 13.3. The third-order valence-corrected chi connectivity index (χ3v) is 4.26. The van der Waals surface area contributed by atoms with Gasteiger partial charge >= 0.3 is 0 Å². The molecule has 0 amide bonds. The van der Waals surface area contributed by atoms with Gasteiger partial charge in [-0.15, -0.1) is 0 Å². The van der Waals surface area contributed by atoms with Crippen LogP contribution in [0.2, 0.25) is 5.02 Å². The molecule has 0 saturated heterocycles. The van der Waals surface area contributed by atoms with Gasteiger partial charge in [-0.3, -0.25) is 0 Å². The molecule has 2 aromatic rings. The minimum Gasteiger partial charge on any atom is -0.330 e. The monoisotopic (exact) mass is 304 g/mol. The molecule has 18 heavy (non-hydrogen) atoms.